The SMILES string of the molecule is CC1Cc2ccccc2N1S(=O)(=O)c1cccc(C(=O)Nc2ccc(-n3cncn3)nc2)c1. The monoisotopic (exact) mass is 460 g/mol. The molecule has 1 N–H and O–H groups in total. The number of hydrogen-bond acceptors (Lipinski definition) is 6. The van der Waals surface area contributed by atoms with Crippen LogP contribution in [0.1, 0.15) is 22.8 Å². The average molecular weight is 461 g/mol. The second-order valence-electron chi connectivity index (χ2n) is 7.71. The first-order valence-corrected chi connectivity index (χ1v) is 11.7. The number of sulfonamides is 1. The zero-order chi connectivity index (χ0) is 23.0. The van der Waals surface area contributed by atoms with E-state index in [9.17, 15) is 13.2 Å². The molecule has 166 valence electrons. The van der Waals surface area contributed by atoms with Gasteiger partial charge in [-0.15, -0.1) is 0 Å². The lowest BCUT2D eigenvalue weighted by molar-refractivity contribution is 0.102. The van der Waals surface area contributed by atoms with Crippen molar-refractivity contribution in [2.75, 3.05) is 9.62 Å². The van der Waals surface area contributed by atoms with Crippen LogP contribution < -0.4 is 9.62 Å². The molecule has 4 aromatic rings. The highest BCUT2D eigenvalue weighted by molar-refractivity contribution is 7.92. The number of nitrogens with one attached hydrogen (secondary N) is 1. The molecule has 9 nitrogen and oxygen atoms in total. The number of pyridine rings is 1. The lowest BCUT2D eigenvalue weighted by Gasteiger charge is -2.24. The van der Waals surface area contributed by atoms with Crippen LogP contribution >= 0.6 is 0 Å². The van der Waals surface area contributed by atoms with Gasteiger partial charge < -0.3 is 5.32 Å². The van der Waals surface area contributed by atoms with Crippen molar-refractivity contribution < 1.29 is 13.2 Å². The predicted octanol–water partition coefficient (Wildman–Crippen LogP) is 3.05. The van der Waals surface area contributed by atoms with Gasteiger partial charge in [0.2, 0.25) is 0 Å². The minimum atomic E-state index is -3.84. The molecule has 0 radical (unpaired) electrons. The Morgan fingerprint density at radius 1 is 1.09 bits per heavy atom. The Morgan fingerprint density at radius 3 is 2.70 bits per heavy atom. The first-order valence-electron chi connectivity index (χ1n) is 10.3. The summed E-state index contributed by atoms with van der Waals surface area (Å²) >= 11 is 0. The molecular weight excluding hydrogens is 440 g/mol. The third-order valence-electron chi connectivity index (χ3n) is 5.46. The van der Waals surface area contributed by atoms with Crippen molar-refractivity contribution in [3.63, 3.8) is 0 Å². The maximum atomic E-state index is 13.5. The molecule has 0 spiro atoms. The van der Waals surface area contributed by atoms with Crippen molar-refractivity contribution in [3.8, 4) is 5.82 Å². The standard InChI is InChI=1S/C23H20N6O3S/c1-16-11-17-5-2-3-8-21(17)29(16)33(31,32)20-7-4-6-18(12-20)23(30)27-19-9-10-22(25-13-19)28-15-24-14-26-28/h2-10,12-16H,11H2,1H3,(H,27,30). The summed E-state index contributed by atoms with van der Waals surface area (Å²) in [6.45, 7) is 1.88. The van der Waals surface area contributed by atoms with E-state index in [2.05, 4.69) is 20.4 Å². The number of anilines is 2. The Hall–Kier alpha value is -4.05. The number of fused-ring (bicyclic) bond motifs is 1. The molecule has 0 fully saturated rings. The largest absolute Gasteiger partial charge is 0.321 e. The first kappa shape index (κ1) is 20.8. The van der Waals surface area contributed by atoms with E-state index in [-0.39, 0.29) is 16.5 Å². The van der Waals surface area contributed by atoms with Crippen LogP contribution in [0.3, 0.4) is 0 Å². The van der Waals surface area contributed by atoms with Crippen LogP contribution in [0, 0.1) is 0 Å². The zero-order valence-corrected chi connectivity index (χ0v) is 18.5. The topological polar surface area (TPSA) is 110 Å². The molecule has 0 aliphatic carbocycles. The summed E-state index contributed by atoms with van der Waals surface area (Å²) in [4.78, 5) is 21.0. The van der Waals surface area contributed by atoms with Gasteiger partial charge in [0.1, 0.15) is 12.7 Å². The fraction of sp³-hybridized carbons (Fsp3) is 0.130. The summed E-state index contributed by atoms with van der Waals surface area (Å²) in [7, 11) is -3.84. The van der Waals surface area contributed by atoms with E-state index in [0.717, 1.165) is 5.56 Å². The van der Waals surface area contributed by atoms with E-state index in [1.165, 1.54) is 40.0 Å². The molecule has 0 saturated heterocycles. The molecule has 3 heterocycles. The highest BCUT2D eigenvalue weighted by Gasteiger charge is 2.36. The number of benzene rings is 2. The second kappa shape index (κ2) is 8.14. The number of aromatic nitrogens is 4. The molecule has 1 amide bonds. The number of carbonyl (C=O) groups is 1. The van der Waals surface area contributed by atoms with Crippen molar-refractivity contribution in [2.45, 2.75) is 24.3 Å². The molecule has 5 rings (SSSR count). The fourth-order valence-electron chi connectivity index (χ4n) is 3.94. The lowest BCUT2D eigenvalue weighted by Crippen LogP contribution is -2.35. The minimum Gasteiger partial charge on any atom is -0.321 e. The lowest BCUT2D eigenvalue weighted by atomic mass is 10.1. The van der Waals surface area contributed by atoms with Crippen molar-refractivity contribution in [3.05, 3.63) is 90.6 Å². The van der Waals surface area contributed by atoms with Gasteiger partial charge in [0, 0.05) is 11.6 Å². The summed E-state index contributed by atoms with van der Waals surface area (Å²) in [5.74, 6) is 0.121. The molecule has 0 saturated carbocycles. The molecule has 10 heteroatoms. The van der Waals surface area contributed by atoms with Gasteiger partial charge in [-0.3, -0.25) is 9.10 Å². The van der Waals surface area contributed by atoms with Crippen LogP contribution in [0.2, 0.25) is 0 Å². The molecule has 1 atom stereocenters. The summed E-state index contributed by atoms with van der Waals surface area (Å²) in [5.41, 5.74) is 2.37. The third-order valence-corrected chi connectivity index (χ3v) is 7.38. The molecule has 1 unspecified atom stereocenters. The van der Waals surface area contributed by atoms with Gasteiger partial charge in [-0.25, -0.2) is 23.1 Å². The first-order chi connectivity index (χ1) is 15.9. The predicted molar refractivity (Wildman–Crippen MR) is 123 cm³/mol. The van der Waals surface area contributed by atoms with Gasteiger partial charge in [0.25, 0.3) is 15.9 Å². The van der Waals surface area contributed by atoms with E-state index in [1.807, 2.05) is 31.2 Å². The van der Waals surface area contributed by atoms with Crippen LogP contribution in [-0.2, 0) is 16.4 Å². The number of amides is 1. The van der Waals surface area contributed by atoms with E-state index in [1.54, 1.807) is 24.3 Å². The Bertz CT molecular complexity index is 1420. The quantitative estimate of drug-likeness (QED) is 0.490. The van der Waals surface area contributed by atoms with Crippen molar-refractivity contribution >= 4 is 27.3 Å². The van der Waals surface area contributed by atoms with Gasteiger partial charge in [0.05, 0.1) is 22.5 Å². The number of nitrogens with zero attached hydrogens (tertiary/aromatic N) is 5. The number of carbonyl (C=O) groups excluding carboxylic acids is 1. The molecule has 0 bridgehead atoms. The van der Waals surface area contributed by atoms with Crippen molar-refractivity contribution in [1.82, 2.24) is 19.7 Å². The number of para-hydroxylation sites is 1. The Kier molecular flexibility index (Phi) is 5.14. The summed E-state index contributed by atoms with van der Waals surface area (Å²) in [6, 6.07) is 16.7. The van der Waals surface area contributed by atoms with Gasteiger partial charge in [-0.05, 0) is 55.3 Å². The average Bonchev–Trinajstić information content (AvgIpc) is 3.47. The van der Waals surface area contributed by atoms with E-state index in [4.69, 9.17) is 0 Å². The van der Waals surface area contributed by atoms with Crippen LogP contribution in [0.4, 0.5) is 11.4 Å². The normalized spacial score (nSPS) is 15.3. The highest BCUT2D eigenvalue weighted by atomic mass is 32.2. The Balaban J connectivity index is 1.38. The Morgan fingerprint density at radius 2 is 1.94 bits per heavy atom. The molecule has 1 aliphatic rings. The van der Waals surface area contributed by atoms with E-state index < -0.39 is 15.9 Å². The fourth-order valence-corrected chi connectivity index (χ4v) is 5.68. The number of hydrogen-bond donors (Lipinski definition) is 1. The maximum Gasteiger partial charge on any atom is 0.264 e. The molecule has 33 heavy (non-hydrogen) atoms. The van der Waals surface area contributed by atoms with Crippen molar-refractivity contribution in [2.24, 2.45) is 0 Å². The van der Waals surface area contributed by atoms with E-state index >= 15 is 0 Å². The van der Waals surface area contributed by atoms with Gasteiger partial charge in [0.15, 0.2) is 5.82 Å². The van der Waals surface area contributed by atoms with Crippen LogP contribution in [0.5, 0.6) is 0 Å². The minimum absolute atomic E-state index is 0.0679. The van der Waals surface area contributed by atoms with Crippen LogP contribution in [-0.4, -0.2) is 40.1 Å². The van der Waals surface area contributed by atoms with Gasteiger partial charge in [-0.2, -0.15) is 5.10 Å². The molecular formula is C23H20N6O3S. The highest BCUT2D eigenvalue weighted by Crippen LogP contribution is 2.36. The van der Waals surface area contributed by atoms with Crippen molar-refractivity contribution in [1.29, 1.82) is 0 Å². The van der Waals surface area contributed by atoms with Crippen LogP contribution in [0.25, 0.3) is 5.82 Å². The van der Waals surface area contributed by atoms with Gasteiger partial charge in [-0.1, -0.05) is 24.3 Å². The number of rotatable bonds is 5. The molecule has 1 aliphatic heterocycles. The second-order valence-corrected chi connectivity index (χ2v) is 9.52. The summed E-state index contributed by atoms with van der Waals surface area (Å²) < 4.78 is 29.9. The summed E-state index contributed by atoms with van der Waals surface area (Å²) in [5, 5.41) is 6.75. The molecule has 2 aromatic heterocycles. The maximum absolute atomic E-state index is 13.5. The Labute approximate surface area is 190 Å². The zero-order valence-electron chi connectivity index (χ0n) is 17.7. The smallest absolute Gasteiger partial charge is 0.264 e. The van der Waals surface area contributed by atoms with Gasteiger partial charge >= 0.3 is 0 Å². The summed E-state index contributed by atoms with van der Waals surface area (Å²) in [6.07, 6.45) is 5.07. The third kappa shape index (κ3) is 3.85. The molecule has 2 aromatic carbocycles. The van der Waals surface area contributed by atoms with Crippen LogP contribution in [0.15, 0.2) is 84.4 Å². The van der Waals surface area contributed by atoms with E-state index in [0.29, 0.717) is 23.6 Å².